The number of hydrogen-bond donors (Lipinski definition) is 1. The van der Waals surface area contributed by atoms with Crippen LogP contribution in [0, 0.1) is 0 Å². The molecule has 0 saturated heterocycles. The summed E-state index contributed by atoms with van der Waals surface area (Å²) in [6, 6.07) is 4.06. The largest absolute Gasteiger partial charge is 0.418 e. The van der Waals surface area contributed by atoms with Crippen LogP contribution in [0.3, 0.4) is 0 Å². The van der Waals surface area contributed by atoms with E-state index in [9.17, 15) is 13.2 Å². The predicted molar refractivity (Wildman–Crippen MR) is 66.1 cm³/mol. The molecule has 0 spiro atoms. The molecule has 1 heterocycles. The van der Waals surface area contributed by atoms with Gasteiger partial charge in [0.2, 0.25) is 5.16 Å². The Morgan fingerprint density at radius 3 is 2.70 bits per heavy atom. The maximum Gasteiger partial charge on any atom is 0.418 e. The first kappa shape index (κ1) is 13.2. The number of nitrogens with two attached hydrogens (primary N) is 1. The zero-order valence-electron chi connectivity index (χ0n) is 10.1. The molecule has 5 nitrogen and oxygen atoms in total. The van der Waals surface area contributed by atoms with Crippen LogP contribution in [-0.2, 0) is 6.18 Å². The quantitative estimate of drug-likeness (QED) is 0.883. The lowest BCUT2D eigenvalue weighted by Crippen LogP contribution is -2.08. The van der Waals surface area contributed by atoms with Crippen LogP contribution in [0.2, 0.25) is 0 Å². The van der Waals surface area contributed by atoms with Crippen molar-refractivity contribution in [3.8, 4) is 0 Å². The summed E-state index contributed by atoms with van der Waals surface area (Å²) in [7, 11) is 0. The van der Waals surface area contributed by atoms with E-state index in [2.05, 4.69) is 15.5 Å². The molecule has 0 amide bonds. The van der Waals surface area contributed by atoms with Gasteiger partial charge in [0.15, 0.2) is 0 Å². The van der Waals surface area contributed by atoms with Crippen molar-refractivity contribution in [1.29, 1.82) is 0 Å². The lowest BCUT2D eigenvalue weighted by atomic mass is 10.2. The van der Waals surface area contributed by atoms with Gasteiger partial charge in [0, 0.05) is 10.6 Å². The Bertz CT molecular complexity index is 635. The lowest BCUT2D eigenvalue weighted by Gasteiger charge is -2.11. The minimum Gasteiger partial charge on any atom is -0.398 e. The second-order valence-electron chi connectivity index (χ2n) is 4.49. The number of anilines is 1. The molecule has 0 radical (unpaired) electrons. The van der Waals surface area contributed by atoms with E-state index >= 15 is 0 Å². The molecule has 9 heteroatoms. The van der Waals surface area contributed by atoms with E-state index in [0.717, 1.165) is 30.7 Å². The molecule has 0 atom stereocenters. The number of aromatic nitrogens is 4. The molecule has 1 aromatic carbocycles. The number of nitrogens with zero attached hydrogens (tertiary/aromatic N) is 4. The number of benzene rings is 1. The molecule has 1 saturated carbocycles. The molecule has 0 unspecified atom stereocenters. The Morgan fingerprint density at radius 1 is 1.30 bits per heavy atom. The highest BCUT2D eigenvalue weighted by atomic mass is 32.2. The zero-order chi connectivity index (χ0) is 14.3. The fraction of sp³-hybridized carbons (Fsp3) is 0.364. The Kier molecular flexibility index (Phi) is 3.08. The van der Waals surface area contributed by atoms with Crippen LogP contribution in [0.15, 0.2) is 28.3 Å². The maximum atomic E-state index is 12.8. The van der Waals surface area contributed by atoms with Gasteiger partial charge in [-0.2, -0.15) is 13.2 Å². The standard InChI is InChI=1S/C11H10F3N5S/c12-11(13,14)8-5-7(3-4-9(8)15)20-10-16-17-18-19(10)6-1-2-6/h3-6H,1-2,15H2. The molecule has 0 bridgehead atoms. The van der Waals surface area contributed by atoms with Gasteiger partial charge in [0.1, 0.15) is 0 Å². The van der Waals surface area contributed by atoms with Crippen molar-refractivity contribution >= 4 is 17.4 Å². The third-order valence-corrected chi connectivity index (χ3v) is 3.84. The lowest BCUT2D eigenvalue weighted by molar-refractivity contribution is -0.137. The Balaban J connectivity index is 1.89. The van der Waals surface area contributed by atoms with Gasteiger partial charge in [-0.05, 0) is 53.2 Å². The summed E-state index contributed by atoms with van der Waals surface area (Å²) in [4.78, 5) is 0.406. The van der Waals surface area contributed by atoms with Gasteiger partial charge in [-0.25, -0.2) is 4.68 Å². The third-order valence-electron chi connectivity index (χ3n) is 2.89. The second-order valence-corrected chi connectivity index (χ2v) is 5.53. The SMILES string of the molecule is Nc1ccc(Sc2nnnn2C2CC2)cc1C(F)(F)F. The highest BCUT2D eigenvalue weighted by Crippen LogP contribution is 2.40. The molecule has 2 aromatic rings. The van der Waals surface area contributed by atoms with E-state index in [-0.39, 0.29) is 11.7 Å². The molecule has 1 aromatic heterocycles. The topological polar surface area (TPSA) is 69.6 Å². The second kappa shape index (κ2) is 4.65. The Morgan fingerprint density at radius 2 is 2.05 bits per heavy atom. The summed E-state index contributed by atoms with van der Waals surface area (Å²) in [5.41, 5.74) is 4.23. The molecule has 106 valence electrons. The molecular weight excluding hydrogens is 291 g/mol. The van der Waals surface area contributed by atoms with Crippen LogP contribution < -0.4 is 5.73 Å². The fourth-order valence-corrected chi connectivity index (χ4v) is 2.63. The van der Waals surface area contributed by atoms with Crippen LogP contribution in [0.1, 0.15) is 24.4 Å². The highest BCUT2D eigenvalue weighted by Gasteiger charge is 2.33. The average Bonchev–Trinajstić information content (AvgIpc) is 3.11. The molecule has 20 heavy (non-hydrogen) atoms. The molecular formula is C11H10F3N5S. The first-order chi connectivity index (χ1) is 9.45. The van der Waals surface area contributed by atoms with Crippen molar-refractivity contribution in [2.45, 2.75) is 35.1 Å². The number of halogens is 3. The van der Waals surface area contributed by atoms with Crippen LogP contribution in [-0.4, -0.2) is 20.2 Å². The summed E-state index contributed by atoms with van der Waals surface area (Å²) in [6.45, 7) is 0. The van der Waals surface area contributed by atoms with E-state index in [1.54, 1.807) is 4.68 Å². The van der Waals surface area contributed by atoms with Gasteiger partial charge < -0.3 is 5.73 Å². The monoisotopic (exact) mass is 301 g/mol. The van der Waals surface area contributed by atoms with Crippen LogP contribution in [0.5, 0.6) is 0 Å². The van der Waals surface area contributed by atoms with Crippen LogP contribution >= 0.6 is 11.8 Å². The minimum atomic E-state index is -4.47. The highest BCUT2D eigenvalue weighted by molar-refractivity contribution is 7.99. The normalized spacial score (nSPS) is 15.6. The first-order valence-corrected chi connectivity index (χ1v) is 6.69. The summed E-state index contributed by atoms with van der Waals surface area (Å²) in [5, 5.41) is 11.7. The van der Waals surface area contributed by atoms with E-state index in [1.165, 1.54) is 12.1 Å². The van der Waals surface area contributed by atoms with Crippen LogP contribution in [0.25, 0.3) is 0 Å². The number of tetrazole rings is 1. The number of nitrogen functional groups attached to an aromatic ring is 1. The van der Waals surface area contributed by atoms with Crippen molar-refractivity contribution in [2.24, 2.45) is 0 Å². The minimum absolute atomic E-state index is 0.267. The van der Waals surface area contributed by atoms with Gasteiger partial charge in [0.25, 0.3) is 0 Å². The van der Waals surface area contributed by atoms with Crippen molar-refractivity contribution in [3.63, 3.8) is 0 Å². The van der Waals surface area contributed by atoms with Crippen molar-refractivity contribution in [1.82, 2.24) is 20.2 Å². The van der Waals surface area contributed by atoms with Gasteiger partial charge in [0.05, 0.1) is 11.6 Å². The van der Waals surface area contributed by atoms with Gasteiger partial charge in [-0.1, -0.05) is 0 Å². The van der Waals surface area contributed by atoms with Gasteiger partial charge in [-0.3, -0.25) is 0 Å². The molecule has 3 rings (SSSR count). The number of hydrogen-bond acceptors (Lipinski definition) is 5. The zero-order valence-corrected chi connectivity index (χ0v) is 10.9. The molecule has 0 aliphatic heterocycles. The van der Waals surface area contributed by atoms with Gasteiger partial charge >= 0.3 is 6.18 Å². The molecule has 2 N–H and O–H groups in total. The van der Waals surface area contributed by atoms with E-state index in [0.29, 0.717) is 10.1 Å². The van der Waals surface area contributed by atoms with E-state index in [4.69, 9.17) is 5.73 Å². The van der Waals surface area contributed by atoms with Crippen LogP contribution in [0.4, 0.5) is 18.9 Å². The summed E-state index contributed by atoms with van der Waals surface area (Å²) < 4.78 is 40.0. The Hall–Kier alpha value is -1.77. The fourth-order valence-electron chi connectivity index (χ4n) is 1.75. The van der Waals surface area contributed by atoms with Crippen molar-refractivity contribution < 1.29 is 13.2 Å². The third kappa shape index (κ3) is 2.58. The molecule has 1 aliphatic carbocycles. The smallest absolute Gasteiger partial charge is 0.398 e. The molecule has 1 fully saturated rings. The number of rotatable bonds is 3. The predicted octanol–water partition coefficient (Wildman–Crippen LogP) is 2.76. The van der Waals surface area contributed by atoms with E-state index < -0.39 is 11.7 Å². The summed E-state index contributed by atoms with van der Waals surface area (Å²) >= 11 is 1.10. The summed E-state index contributed by atoms with van der Waals surface area (Å²) in [6.07, 6.45) is -2.48. The van der Waals surface area contributed by atoms with Crippen molar-refractivity contribution in [2.75, 3.05) is 5.73 Å². The van der Waals surface area contributed by atoms with Gasteiger partial charge in [-0.15, -0.1) is 5.10 Å². The average molecular weight is 301 g/mol. The summed E-state index contributed by atoms with van der Waals surface area (Å²) in [5.74, 6) is 0. The first-order valence-electron chi connectivity index (χ1n) is 5.87. The van der Waals surface area contributed by atoms with E-state index in [1.807, 2.05) is 0 Å². The van der Waals surface area contributed by atoms with Crippen molar-refractivity contribution in [3.05, 3.63) is 23.8 Å². The maximum absolute atomic E-state index is 12.8. The Labute approximate surface area is 116 Å². The number of alkyl halides is 3. The molecule has 1 aliphatic rings.